The van der Waals surface area contributed by atoms with E-state index >= 15 is 0 Å². The van der Waals surface area contributed by atoms with Gasteiger partial charge in [-0.25, -0.2) is 9.51 Å². The number of nitrogens with zero attached hydrogens (tertiary/aromatic N) is 3. The second-order valence-electron chi connectivity index (χ2n) is 3.77. The van der Waals surface area contributed by atoms with E-state index in [1.165, 1.54) is 24.8 Å². The highest BCUT2D eigenvalue weighted by Crippen LogP contribution is 2.32. The molecule has 9 heteroatoms. The fourth-order valence-corrected chi connectivity index (χ4v) is 2.62. The number of nitrogens with one attached hydrogen (secondary N) is 1. The van der Waals surface area contributed by atoms with Crippen LogP contribution >= 0.6 is 0 Å². The van der Waals surface area contributed by atoms with Crippen LogP contribution in [0.1, 0.15) is 0 Å². The molecule has 0 unspecified atom stereocenters. The van der Waals surface area contributed by atoms with E-state index in [9.17, 15) is 8.42 Å². The first-order chi connectivity index (χ1) is 9.15. The topological polar surface area (TPSA) is 95.3 Å². The van der Waals surface area contributed by atoms with Gasteiger partial charge in [0.05, 0.1) is 4.90 Å². The molecule has 0 fully saturated rings. The molecule has 2 aromatic rings. The third-order valence-electron chi connectivity index (χ3n) is 2.47. The smallest absolute Gasteiger partial charge is 0.275 e. The number of benzene rings is 1. The van der Waals surface area contributed by atoms with Gasteiger partial charge >= 0.3 is 0 Å². The Morgan fingerprint density at radius 3 is 2.53 bits per heavy atom. The molecule has 8 nitrogen and oxygen atoms in total. The number of hydrogen-bond acceptors (Lipinski definition) is 6. The monoisotopic (exact) mass is 282 g/mol. The molecule has 1 aliphatic rings. The van der Waals surface area contributed by atoms with Gasteiger partial charge in [0.25, 0.3) is 10.0 Å². The molecule has 0 radical (unpaired) electrons. The molecular formula is C10H10N4O4S. The first kappa shape index (κ1) is 11.8. The van der Waals surface area contributed by atoms with E-state index < -0.39 is 10.0 Å². The highest BCUT2D eigenvalue weighted by molar-refractivity contribution is 7.92. The molecule has 0 aliphatic carbocycles. The zero-order valence-corrected chi connectivity index (χ0v) is 10.5. The summed E-state index contributed by atoms with van der Waals surface area (Å²) in [7, 11) is -3.72. The van der Waals surface area contributed by atoms with Crippen molar-refractivity contribution in [2.24, 2.45) is 0 Å². The van der Waals surface area contributed by atoms with Crippen LogP contribution in [-0.4, -0.2) is 36.5 Å². The molecule has 0 bridgehead atoms. The van der Waals surface area contributed by atoms with E-state index in [0.29, 0.717) is 24.7 Å². The zero-order valence-electron chi connectivity index (χ0n) is 9.68. The van der Waals surface area contributed by atoms with Crippen molar-refractivity contribution in [1.29, 1.82) is 0 Å². The molecule has 3 rings (SSSR count). The Hall–Kier alpha value is -2.29. The molecule has 1 N–H and O–H groups in total. The van der Waals surface area contributed by atoms with Crippen LogP contribution in [0.25, 0.3) is 0 Å². The Morgan fingerprint density at radius 1 is 1.11 bits per heavy atom. The first-order valence-corrected chi connectivity index (χ1v) is 6.90. The number of hydrogen-bond donors (Lipinski definition) is 1. The second-order valence-corrected chi connectivity index (χ2v) is 5.43. The Morgan fingerprint density at radius 2 is 1.79 bits per heavy atom. The Balaban J connectivity index is 1.93. The van der Waals surface area contributed by atoms with Crippen LogP contribution in [0.4, 0.5) is 0 Å². The number of rotatable bonds is 3. The van der Waals surface area contributed by atoms with Gasteiger partial charge in [-0.1, -0.05) is 0 Å². The van der Waals surface area contributed by atoms with Gasteiger partial charge in [0.15, 0.2) is 11.5 Å². The van der Waals surface area contributed by atoms with Crippen LogP contribution in [0.3, 0.4) is 0 Å². The lowest BCUT2D eigenvalue weighted by Gasteiger charge is -2.19. The predicted molar refractivity (Wildman–Crippen MR) is 64.0 cm³/mol. The van der Waals surface area contributed by atoms with Gasteiger partial charge in [-0.05, 0) is 12.1 Å². The maximum Gasteiger partial charge on any atom is 0.275 e. The minimum atomic E-state index is -3.72. The molecule has 0 atom stereocenters. The third-order valence-corrected chi connectivity index (χ3v) is 3.79. The largest absolute Gasteiger partial charge is 0.486 e. The molecule has 19 heavy (non-hydrogen) atoms. The van der Waals surface area contributed by atoms with Crippen LogP contribution in [0.2, 0.25) is 0 Å². The predicted octanol–water partition coefficient (Wildman–Crippen LogP) is -0.0183. The molecule has 1 aromatic heterocycles. The van der Waals surface area contributed by atoms with Gasteiger partial charge < -0.3 is 9.47 Å². The highest BCUT2D eigenvalue weighted by atomic mass is 32.2. The van der Waals surface area contributed by atoms with Crippen molar-refractivity contribution >= 4 is 10.0 Å². The lowest BCUT2D eigenvalue weighted by atomic mass is 10.3. The maximum absolute atomic E-state index is 12.1. The molecule has 0 amide bonds. The summed E-state index contributed by atoms with van der Waals surface area (Å²) in [6, 6.07) is 4.43. The number of fused-ring (bicyclic) bond motifs is 1. The van der Waals surface area contributed by atoms with Crippen LogP contribution in [0, 0.1) is 0 Å². The Labute approximate surface area is 109 Å². The highest BCUT2D eigenvalue weighted by Gasteiger charge is 2.19. The molecular weight excluding hydrogens is 272 g/mol. The van der Waals surface area contributed by atoms with E-state index in [2.05, 4.69) is 15.0 Å². The molecule has 100 valence electrons. The van der Waals surface area contributed by atoms with Gasteiger partial charge in [-0.3, -0.25) is 0 Å². The lowest BCUT2D eigenvalue weighted by molar-refractivity contribution is 0.171. The lowest BCUT2D eigenvalue weighted by Crippen LogP contribution is -2.22. The summed E-state index contributed by atoms with van der Waals surface area (Å²) in [5, 5.41) is 7.02. The summed E-state index contributed by atoms with van der Waals surface area (Å²) in [6.45, 7) is 0.855. The average Bonchev–Trinajstić information content (AvgIpc) is 2.90. The standard InChI is InChI=1S/C10H10N4O4S/c15-19(16,13-14-6-11-12-7-14)8-1-2-9-10(5-8)18-4-3-17-9/h1-2,5-7,13H,3-4H2. The molecule has 1 aliphatic heterocycles. The van der Waals surface area contributed by atoms with Crippen molar-refractivity contribution in [2.75, 3.05) is 18.0 Å². The molecule has 0 spiro atoms. The molecule has 2 heterocycles. The van der Waals surface area contributed by atoms with Crippen molar-refractivity contribution in [3.63, 3.8) is 0 Å². The SMILES string of the molecule is O=S(=O)(Nn1cnnc1)c1ccc2c(c1)OCCO2. The number of ether oxygens (including phenoxy) is 2. The van der Waals surface area contributed by atoms with E-state index in [4.69, 9.17) is 9.47 Å². The van der Waals surface area contributed by atoms with Crippen LogP contribution in [0.5, 0.6) is 11.5 Å². The zero-order chi connectivity index (χ0) is 13.3. The van der Waals surface area contributed by atoms with Gasteiger partial charge in [0, 0.05) is 6.07 Å². The van der Waals surface area contributed by atoms with Crippen LogP contribution < -0.4 is 14.3 Å². The van der Waals surface area contributed by atoms with Crippen LogP contribution in [0.15, 0.2) is 35.7 Å². The van der Waals surface area contributed by atoms with E-state index in [0.717, 1.165) is 4.68 Å². The molecule has 0 saturated heterocycles. The van der Waals surface area contributed by atoms with Gasteiger partial charge in [-0.15, -0.1) is 10.2 Å². The minimum Gasteiger partial charge on any atom is -0.486 e. The minimum absolute atomic E-state index is 0.0745. The fraction of sp³-hybridized carbons (Fsp3) is 0.200. The van der Waals surface area contributed by atoms with Crippen LogP contribution in [-0.2, 0) is 10.0 Å². The number of sulfonamides is 1. The summed E-state index contributed by atoms with van der Waals surface area (Å²) in [5.74, 6) is 0.951. The third kappa shape index (κ3) is 2.32. The van der Waals surface area contributed by atoms with Gasteiger partial charge in [0.2, 0.25) is 0 Å². The van der Waals surface area contributed by atoms with Crippen molar-refractivity contribution in [3.05, 3.63) is 30.9 Å². The molecule has 0 saturated carbocycles. The summed E-state index contributed by atoms with van der Waals surface area (Å²) < 4.78 is 36.0. The Kier molecular flexibility index (Phi) is 2.75. The second kappa shape index (κ2) is 4.43. The maximum atomic E-state index is 12.1. The average molecular weight is 282 g/mol. The normalized spacial score (nSPS) is 14.1. The number of aromatic nitrogens is 3. The quantitative estimate of drug-likeness (QED) is 0.850. The first-order valence-electron chi connectivity index (χ1n) is 5.42. The summed E-state index contributed by atoms with van der Waals surface area (Å²) in [6.07, 6.45) is 2.49. The van der Waals surface area contributed by atoms with Crippen molar-refractivity contribution < 1.29 is 17.9 Å². The van der Waals surface area contributed by atoms with E-state index in [1.54, 1.807) is 6.07 Å². The van der Waals surface area contributed by atoms with Gasteiger partial charge in [0.1, 0.15) is 25.9 Å². The summed E-state index contributed by atoms with van der Waals surface area (Å²) >= 11 is 0. The van der Waals surface area contributed by atoms with Gasteiger partial charge in [-0.2, -0.15) is 8.42 Å². The summed E-state index contributed by atoms with van der Waals surface area (Å²) in [4.78, 5) is 2.36. The van der Waals surface area contributed by atoms with Crippen molar-refractivity contribution in [1.82, 2.24) is 14.9 Å². The Bertz CT molecular complexity index is 684. The van der Waals surface area contributed by atoms with Crippen molar-refractivity contribution in [3.8, 4) is 11.5 Å². The summed E-state index contributed by atoms with van der Waals surface area (Å²) in [5.41, 5.74) is 0. The fourth-order valence-electron chi connectivity index (χ4n) is 1.63. The van der Waals surface area contributed by atoms with Crippen molar-refractivity contribution in [2.45, 2.75) is 4.90 Å². The van der Waals surface area contributed by atoms with E-state index in [-0.39, 0.29) is 4.90 Å². The van der Waals surface area contributed by atoms with E-state index in [1.807, 2.05) is 0 Å². The molecule has 1 aromatic carbocycles.